The van der Waals surface area contributed by atoms with E-state index in [1.807, 2.05) is 36.4 Å². The van der Waals surface area contributed by atoms with Crippen molar-refractivity contribution in [2.24, 2.45) is 0 Å². The molecule has 30 heavy (non-hydrogen) atoms. The zero-order valence-corrected chi connectivity index (χ0v) is 19.0. The Morgan fingerprint density at radius 3 is 2.47 bits per heavy atom. The summed E-state index contributed by atoms with van der Waals surface area (Å²) in [6.45, 7) is 4.85. The van der Waals surface area contributed by atoms with Gasteiger partial charge in [-0.2, -0.15) is 0 Å². The molecule has 0 saturated carbocycles. The standard InChI is InChI=1S/C22H29ClN2O4.ClH/c1-27-21-6-7-22(28-2)17(12-21)15-29-16-20(26)14-24-8-10-25(11-9-24)19-5-3-4-18(23)13-19;/h3-7,12-13,20,26H,8-11,14-16H2,1-2H3;1H. The Morgan fingerprint density at radius 1 is 1.03 bits per heavy atom. The number of aliphatic hydroxyl groups is 1. The van der Waals surface area contributed by atoms with E-state index in [9.17, 15) is 5.11 Å². The first-order chi connectivity index (χ1) is 14.1. The first-order valence-electron chi connectivity index (χ1n) is 9.78. The Balaban J connectivity index is 0.00000320. The van der Waals surface area contributed by atoms with Crippen LogP contribution in [0.4, 0.5) is 5.69 Å². The Bertz CT molecular complexity index is 785. The molecule has 1 unspecified atom stereocenters. The number of hydrogen-bond donors (Lipinski definition) is 1. The van der Waals surface area contributed by atoms with Crippen LogP contribution in [0, 0.1) is 0 Å². The molecule has 166 valence electrons. The van der Waals surface area contributed by atoms with Crippen LogP contribution in [0.2, 0.25) is 5.02 Å². The van der Waals surface area contributed by atoms with Crippen molar-refractivity contribution in [2.75, 3.05) is 58.5 Å². The third-order valence-electron chi connectivity index (χ3n) is 5.07. The van der Waals surface area contributed by atoms with Crippen molar-refractivity contribution in [1.29, 1.82) is 0 Å². The molecule has 1 fully saturated rings. The third kappa shape index (κ3) is 6.93. The fraction of sp³-hybridized carbons (Fsp3) is 0.455. The Labute approximate surface area is 189 Å². The molecule has 1 atom stereocenters. The zero-order chi connectivity index (χ0) is 20.6. The molecule has 0 bridgehead atoms. The summed E-state index contributed by atoms with van der Waals surface area (Å²) in [5.41, 5.74) is 2.04. The average Bonchev–Trinajstić information content (AvgIpc) is 2.74. The lowest BCUT2D eigenvalue weighted by Gasteiger charge is -2.37. The molecule has 2 aromatic rings. The lowest BCUT2D eigenvalue weighted by atomic mass is 10.2. The second-order valence-corrected chi connectivity index (χ2v) is 7.55. The highest BCUT2D eigenvalue weighted by Crippen LogP contribution is 2.25. The third-order valence-corrected chi connectivity index (χ3v) is 5.31. The molecule has 0 amide bonds. The van der Waals surface area contributed by atoms with E-state index in [2.05, 4.69) is 15.9 Å². The molecule has 1 N–H and O–H groups in total. The molecule has 1 aliphatic rings. The monoisotopic (exact) mass is 456 g/mol. The average molecular weight is 457 g/mol. The summed E-state index contributed by atoms with van der Waals surface area (Å²) in [5, 5.41) is 11.1. The molecule has 1 saturated heterocycles. The highest BCUT2D eigenvalue weighted by atomic mass is 35.5. The van der Waals surface area contributed by atoms with Crippen molar-refractivity contribution in [3.05, 3.63) is 53.1 Å². The van der Waals surface area contributed by atoms with E-state index in [1.54, 1.807) is 14.2 Å². The van der Waals surface area contributed by atoms with E-state index in [0.29, 0.717) is 13.2 Å². The van der Waals surface area contributed by atoms with Gasteiger partial charge in [-0.05, 0) is 36.4 Å². The summed E-state index contributed by atoms with van der Waals surface area (Å²) >= 11 is 6.09. The van der Waals surface area contributed by atoms with Crippen molar-refractivity contribution < 1.29 is 19.3 Å². The van der Waals surface area contributed by atoms with E-state index in [1.165, 1.54) is 0 Å². The number of ether oxygens (including phenoxy) is 3. The molecule has 1 aliphatic heterocycles. The first kappa shape index (κ1) is 24.6. The highest BCUT2D eigenvalue weighted by molar-refractivity contribution is 6.30. The lowest BCUT2D eigenvalue weighted by Crippen LogP contribution is -2.49. The van der Waals surface area contributed by atoms with Crippen LogP contribution in [-0.2, 0) is 11.3 Å². The van der Waals surface area contributed by atoms with Crippen LogP contribution >= 0.6 is 24.0 Å². The van der Waals surface area contributed by atoms with Crippen LogP contribution in [0.25, 0.3) is 0 Å². The summed E-state index contributed by atoms with van der Waals surface area (Å²) in [6, 6.07) is 13.5. The maximum Gasteiger partial charge on any atom is 0.124 e. The van der Waals surface area contributed by atoms with E-state index in [0.717, 1.165) is 54.0 Å². The molecule has 0 aromatic heterocycles. The maximum absolute atomic E-state index is 10.4. The van der Waals surface area contributed by atoms with Crippen LogP contribution in [0.15, 0.2) is 42.5 Å². The molecular weight excluding hydrogens is 427 g/mol. The predicted octanol–water partition coefficient (Wildman–Crippen LogP) is 3.48. The second-order valence-electron chi connectivity index (χ2n) is 7.11. The SMILES string of the molecule is COc1ccc(OC)c(COCC(O)CN2CCN(c3cccc(Cl)c3)CC2)c1.Cl. The molecular formula is C22H30Cl2N2O4. The molecule has 0 aliphatic carbocycles. The highest BCUT2D eigenvalue weighted by Gasteiger charge is 2.20. The Kier molecular flexibility index (Phi) is 10.0. The van der Waals surface area contributed by atoms with Gasteiger partial charge in [-0.1, -0.05) is 17.7 Å². The second kappa shape index (κ2) is 12.2. The van der Waals surface area contributed by atoms with Crippen LogP contribution in [-0.4, -0.2) is 69.7 Å². The maximum atomic E-state index is 10.4. The quantitative estimate of drug-likeness (QED) is 0.623. The molecule has 1 heterocycles. The number of nitrogens with zero attached hydrogens (tertiary/aromatic N) is 2. The Morgan fingerprint density at radius 2 is 1.80 bits per heavy atom. The number of benzene rings is 2. The molecule has 6 nitrogen and oxygen atoms in total. The van der Waals surface area contributed by atoms with E-state index < -0.39 is 6.10 Å². The van der Waals surface area contributed by atoms with E-state index in [4.69, 9.17) is 25.8 Å². The fourth-order valence-corrected chi connectivity index (χ4v) is 3.70. The van der Waals surface area contributed by atoms with Gasteiger partial charge in [-0.3, -0.25) is 4.90 Å². The number of rotatable bonds is 9. The fourth-order valence-electron chi connectivity index (χ4n) is 3.51. The normalized spacial score (nSPS) is 15.4. The van der Waals surface area contributed by atoms with Crippen LogP contribution in [0.1, 0.15) is 5.56 Å². The van der Waals surface area contributed by atoms with Crippen LogP contribution < -0.4 is 14.4 Å². The topological polar surface area (TPSA) is 54.4 Å². The van der Waals surface area contributed by atoms with Crippen LogP contribution in [0.3, 0.4) is 0 Å². The molecule has 0 radical (unpaired) electrons. The van der Waals surface area contributed by atoms with Crippen molar-refractivity contribution >= 4 is 29.7 Å². The van der Waals surface area contributed by atoms with E-state index >= 15 is 0 Å². The van der Waals surface area contributed by atoms with Gasteiger partial charge < -0.3 is 24.2 Å². The zero-order valence-electron chi connectivity index (χ0n) is 17.4. The molecule has 0 spiro atoms. The van der Waals surface area contributed by atoms with Gasteiger partial charge >= 0.3 is 0 Å². The summed E-state index contributed by atoms with van der Waals surface area (Å²) in [4.78, 5) is 4.58. The van der Waals surface area contributed by atoms with E-state index in [-0.39, 0.29) is 19.0 Å². The minimum atomic E-state index is -0.538. The predicted molar refractivity (Wildman–Crippen MR) is 123 cm³/mol. The van der Waals surface area contributed by atoms with Crippen molar-refractivity contribution in [3.63, 3.8) is 0 Å². The van der Waals surface area contributed by atoms with Gasteiger partial charge in [0.25, 0.3) is 0 Å². The molecule has 2 aromatic carbocycles. The number of anilines is 1. The summed E-state index contributed by atoms with van der Waals surface area (Å²) in [7, 11) is 3.26. The summed E-state index contributed by atoms with van der Waals surface area (Å²) < 4.78 is 16.3. The van der Waals surface area contributed by atoms with Crippen molar-refractivity contribution in [3.8, 4) is 11.5 Å². The molecule has 8 heteroatoms. The summed E-state index contributed by atoms with van der Waals surface area (Å²) in [6.07, 6.45) is -0.538. The summed E-state index contributed by atoms with van der Waals surface area (Å²) in [5.74, 6) is 1.50. The van der Waals surface area contributed by atoms with Gasteiger partial charge in [0, 0.05) is 49.0 Å². The van der Waals surface area contributed by atoms with Gasteiger partial charge in [0.1, 0.15) is 11.5 Å². The largest absolute Gasteiger partial charge is 0.497 e. The van der Waals surface area contributed by atoms with Crippen molar-refractivity contribution in [1.82, 2.24) is 4.90 Å². The number of hydrogen-bond acceptors (Lipinski definition) is 6. The van der Waals surface area contributed by atoms with Crippen LogP contribution in [0.5, 0.6) is 11.5 Å². The first-order valence-corrected chi connectivity index (χ1v) is 10.2. The smallest absolute Gasteiger partial charge is 0.124 e. The van der Waals surface area contributed by atoms with Crippen molar-refractivity contribution in [2.45, 2.75) is 12.7 Å². The van der Waals surface area contributed by atoms with Gasteiger partial charge in [-0.15, -0.1) is 12.4 Å². The lowest BCUT2D eigenvalue weighted by molar-refractivity contribution is 0.00862. The minimum absolute atomic E-state index is 0. The van der Waals surface area contributed by atoms with Gasteiger partial charge in [0.05, 0.1) is 33.5 Å². The van der Waals surface area contributed by atoms with Gasteiger partial charge in [0.2, 0.25) is 0 Å². The number of β-amino-alcohol motifs (C(OH)–C–C–N with tert-alkyl or cyclic N) is 1. The number of methoxy groups -OCH3 is 2. The number of piperazine rings is 1. The molecule has 3 rings (SSSR count). The number of halogens is 2. The Hall–Kier alpha value is -1.70. The van der Waals surface area contributed by atoms with Gasteiger partial charge in [0.15, 0.2) is 0 Å². The number of aliphatic hydroxyl groups excluding tert-OH is 1. The van der Waals surface area contributed by atoms with Gasteiger partial charge in [-0.25, -0.2) is 0 Å². The minimum Gasteiger partial charge on any atom is -0.497 e.